The van der Waals surface area contributed by atoms with Crippen LogP contribution in [0.3, 0.4) is 0 Å². The van der Waals surface area contributed by atoms with Gasteiger partial charge >= 0.3 is 0 Å². The van der Waals surface area contributed by atoms with Crippen molar-refractivity contribution in [3.05, 3.63) is 28.2 Å². The number of nitrogens with one attached hydrogen (secondary N) is 1. The van der Waals surface area contributed by atoms with Crippen molar-refractivity contribution in [3.63, 3.8) is 0 Å². The van der Waals surface area contributed by atoms with Crippen LogP contribution in [0.25, 0.3) is 0 Å². The van der Waals surface area contributed by atoms with Crippen molar-refractivity contribution < 1.29 is 9.53 Å². The molecule has 1 unspecified atom stereocenters. The molecule has 1 aliphatic carbocycles. The molecule has 1 aromatic rings. The third-order valence-corrected chi connectivity index (χ3v) is 4.34. The molecule has 2 rings (SSSR count). The van der Waals surface area contributed by atoms with Crippen LogP contribution in [0.5, 0.6) is 5.75 Å². The summed E-state index contributed by atoms with van der Waals surface area (Å²) in [5, 5.41) is 4.00. The number of carbonyl (C=O) groups is 1. The Morgan fingerprint density at radius 2 is 2.19 bits per heavy atom. The van der Waals surface area contributed by atoms with Crippen LogP contribution in [0.15, 0.2) is 18.2 Å². The molecule has 0 saturated heterocycles. The third kappa shape index (κ3) is 4.50. The second kappa shape index (κ2) is 6.86. The summed E-state index contributed by atoms with van der Waals surface area (Å²) >= 11 is 11.8. The van der Waals surface area contributed by atoms with Gasteiger partial charge in [-0.1, -0.05) is 23.2 Å². The average molecular weight is 331 g/mol. The molecule has 1 atom stereocenters. The number of carbonyl (C=O) groups excluding carboxylic acids is 1. The lowest BCUT2D eigenvalue weighted by atomic mass is 9.96. The predicted molar refractivity (Wildman–Crippen MR) is 84.9 cm³/mol. The summed E-state index contributed by atoms with van der Waals surface area (Å²) in [6.07, 6.45) is 2.52. The van der Waals surface area contributed by atoms with Crippen LogP contribution >= 0.6 is 23.2 Å². The lowest BCUT2D eigenvalue weighted by Crippen LogP contribution is -2.53. The molecule has 1 saturated carbocycles. The van der Waals surface area contributed by atoms with E-state index in [1.165, 1.54) is 0 Å². The third-order valence-electron chi connectivity index (χ3n) is 3.81. The van der Waals surface area contributed by atoms with Gasteiger partial charge in [-0.25, -0.2) is 0 Å². The van der Waals surface area contributed by atoms with E-state index < -0.39 is 0 Å². The van der Waals surface area contributed by atoms with Gasteiger partial charge in [-0.15, -0.1) is 0 Å². The Labute approximate surface area is 134 Å². The minimum absolute atomic E-state index is 0.0556. The molecule has 3 N–H and O–H groups in total. The van der Waals surface area contributed by atoms with Crippen molar-refractivity contribution in [2.75, 3.05) is 13.2 Å². The minimum Gasteiger partial charge on any atom is -0.491 e. The number of amides is 1. The van der Waals surface area contributed by atoms with Gasteiger partial charge in [-0.2, -0.15) is 0 Å². The molecule has 1 aliphatic rings. The van der Waals surface area contributed by atoms with E-state index >= 15 is 0 Å². The minimum atomic E-state index is -0.297. The van der Waals surface area contributed by atoms with E-state index in [-0.39, 0.29) is 24.5 Å². The van der Waals surface area contributed by atoms with Gasteiger partial charge in [0.15, 0.2) is 0 Å². The maximum Gasteiger partial charge on any atom is 0.223 e. The lowest BCUT2D eigenvalue weighted by molar-refractivity contribution is -0.123. The van der Waals surface area contributed by atoms with Crippen LogP contribution in [-0.4, -0.2) is 24.6 Å². The Morgan fingerprint density at radius 3 is 2.76 bits per heavy atom. The number of halogens is 2. The largest absolute Gasteiger partial charge is 0.491 e. The molecule has 0 radical (unpaired) electrons. The Hall–Kier alpha value is -0.970. The second-order valence-electron chi connectivity index (χ2n) is 5.62. The summed E-state index contributed by atoms with van der Waals surface area (Å²) in [7, 11) is 0. The highest BCUT2D eigenvalue weighted by Crippen LogP contribution is 2.39. The Kier molecular flexibility index (Phi) is 5.36. The molecule has 6 heteroatoms. The molecule has 0 aromatic heterocycles. The van der Waals surface area contributed by atoms with E-state index in [1.54, 1.807) is 18.2 Å². The lowest BCUT2D eigenvalue weighted by Gasteiger charge is -2.29. The van der Waals surface area contributed by atoms with Crippen LogP contribution in [0, 0.1) is 5.92 Å². The molecular weight excluding hydrogens is 311 g/mol. The number of rotatable bonds is 7. The summed E-state index contributed by atoms with van der Waals surface area (Å²) in [6, 6.07) is 5.00. The summed E-state index contributed by atoms with van der Waals surface area (Å²) in [6.45, 7) is 2.71. The van der Waals surface area contributed by atoms with Gasteiger partial charge in [0.2, 0.25) is 5.91 Å². The van der Waals surface area contributed by atoms with Gasteiger partial charge in [-0.05, 0) is 43.9 Å². The highest BCUT2D eigenvalue weighted by Gasteiger charge is 2.41. The van der Waals surface area contributed by atoms with Crippen molar-refractivity contribution in [1.82, 2.24) is 5.32 Å². The van der Waals surface area contributed by atoms with Gasteiger partial charge in [0.05, 0.1) is 23.6 Å². The first-order chi connectivity index (χ1) is 9.94. The average Bonchev–Trinajstić information content (AvgIpc) is 3.26. The van der Waals surface area contributed by atoms with E-state index in [2.05, 4.69) is 5.32 Å². The first-order valence-electron chi connectivity index (χ1n) is 7.03. The van der Waals surface area contributed by atoms with Crippen LogP contribution in [-0.2, 0) is 4.79 Å². The van der Waals surface area contributed by atoms with Crippen LogP contribution in [0.1, 0.15) is 26.2 Å². The van der Waals surface area contributed by atoms with E-state index in [9.17, 15) is 4.79 Å². The SMILES string of the molecule is CC(CN)(NC(=O)CCOc1ccc(Cl)cc1Cl)C1CC1. The quantitative estimate of drug-likeness (QED) is 0.807. The van der Waals surface area contributed by atoms with Crippen molar-refractivity contribution in [1.29, 1.82) is 0 Å². The summed E-state index contributed by atoms with van der Waals surface area (Å²) < 4.78 is 5.50. The van der Waals surface area contributed by atoms with Crippen molar-refractivity contribution in [2.24, 2.45) is 11.7 Å². The fourth-order valence-corrected chi connectivity index (χ4v) is 2.73. The normalized spacial score (nSPS) is 17.1. The van der Waals surface area contributed by atoms with Crippen molar-refractivity contribution in [3.8, 4) is 5.75 Å². The van der Waals surface area contributed by atoms with E-state index in [1.807, 2.05) is 6.92 Å². The zero-order valence-electron chi connectivity index (χ0n) is 12.0. The first-order valence-corrected chi connectivity index (χ1v) is 7.79. The first kappa shape index (κ1) is 16.4. The molecule has 21 heavy (non-hydrogen) atoms. The van der Waals surface area contributed by atoms with Gasteiger partial charge in [-0.3, -0.25) is 4.79 Å². The fourth-order valence-electron chi connectivity index (χ4n) is 2.27. The maximum atomic E-state index is 12.0. The molecule has 0 bridgehead atoms. The monoisotopic (exact) mass is 330 g/mol. The molecule has 0 aliphatic heterocycles. The molecule has 0 heterocycles. The Bertz CT molecular complexity index is 520. The summed E-state index contributed by atoms with van der Waals surface area (Å²) in [5.41, 5.74) is 5.48. The highest BCUT2D eigenvalue weighted by atomic mass is 35.5. The standard InChI is InChI=1S/C15H20Cl2N2O2/c1-15(9-18,10-2-3-10)19-14(20)6-7-21-13-5-4-11(16)8-12(13)17/h4-5,8,10H,2-3,6-7,9,18H2,1H3,(H,19,20). The topological polar surface area (TPSA) is 64.3 Å². The maximum absolute atomic E-state index is 12.0. The highest BCUT2D eigenvalue weighted by molar-refractivity contribution is 6.35. The van der Waals surface area contributed by atoms with E-state index in [4.69, 9.17) is 33.7 Å². The smallest absolute Gasteiger partial charge is 0.223 e. The van der Waals surface area contributed by atoms with Crippen molar-refractivity contribution in [2.45, 2.75) is 31.7 Å². The Balaban J connectivity index is 1.79. The molecule has 0 spiro atoms. The Morgan fingerprint density at radius 1 is 1.48 bits per heavy atom. The van der Waals surface area contributed by atoms with Crippen LogP contribution in [0.2, 0.25) is 10.0 Å². The van der Waals surface area contributed by atoms with Gasteiger partial charge in [0, 0.05) is 11.6 Å². The number of nitrogens with two attached hydrogens (primary N) is 1. The predicted octanol–water partition coefficient (Wildman–Crippen LogP) is 3.01. The zero-order valence-corrected chi connectivity index (χ0v) is 13.5. The van der Waals surface area contributed by atoms with Crippen molar-refractivity contribution >= 4 is 29.1 Å². The molecule has 4 nitrogen and oxygen atoms in total. The second-order valence-corrected chi connectivity index (χ2v) is 6.46. The summed E-state index contributed by atoms with van der Waals surface area (Å²) in [4.78, 5) is 12.0. The molecule has 116 valence electrons. The van der Waals surface area contributed by atoms with Gasteiger partial charge in [0.25, 0.3) is 0 Å². The van der Waals surface area contributed by atoms with Crippen LogP contribution < -0.4 is 15.8 Å². The summed E-state index contributed by atoms with van der Waals surface area (Å²) in [5.74, 6) is 0.968. The van der Waals surface area contributed by atoms with E-state index in [0.717, 1.165) is 12.8 Å². The number of ether oxygens (including phenoxy) is 1. The molecule has 1 aromatic carbocycles. The van der Waals surface area contributed by atoms with Gasteiger partial charge in [0.1, 0.15) is 5.75 Å². The number of benzene rings is 1. The van der Waals surface area contributed by atoms with Crippen LogP contribution in [0.4, 0.5) is 0 Å². The number of hydrogen-bond donors (Lipinski definition) is 2. The number of hydrogen-bond acceptors (Lipinski definition) is 3. The molecule has 1 fully saturated rings. The fraction of sp³-hybridized carbons (Fsp3) is 0.533. The zero-order chi connectivity index (χ0) is 15.5. The molecule has 1 amide bonds. The van der Waals surface area contributed by atoms with E-state index in [0.29, 0.717) is 28.3 Å². The molecular formula is C15H20Cl2N2O2. The van der Waals surface area contributed by atoms with Gasteiger partial charge < -0.3 is 15.8 Å².